The first-order chi connectivity index (χ1) is 10.5. The summed E-state index contributed by atoms with van der Waals surface area (Å²) < 4.78 is 0. The van der Waals surface area contributed by atoms with Gasteiger partial charge < -0.3 is 15.1 Å². The first-order valence-electron chi connectivity index (χ1n) is 8.16. The summed E-state index contributed by atoms with van der Waals surface area (Å²) in [6.45, 7) is 0.998. The van der Waals surface area contributed by atoms with E-state index in [4.69, 9.17) is 5.26 Å². The van der Waals surface area contributed by atoms with Crippen molar-refractivity contribution in [3.05, 3.63) is 0 Å². The van der Waals surface area contributed by atoms with Crippen molar-refractivity contribution in [1.29, 1.82) is 5.26 Å². The molecular weight excluding hydrogens is 316 g/mol. The zero-order valence-electron chi connectivity index (χ0n) is 14.0. The Bertz CT molecular complexity index is 455. The van der Waals surface area contributed by atoms with Gasteiger partial charge in [0.1, 0.15) is 6.04 Å². The number of rotatable bonds is 4. The Morgan fingerprint density at radius 3 is 2.43 bits per heavy atom. The maximum Gasteiger partial charge on any atom is 0.237 e. The number of hydrogen-bond donors (Lipinski definition) is 1. The van der Waals surface area contributed by atoms with Gasteiger partial charge >= 0.3 is 0 Å². The summed E-state index contributed by atoms with van der Waals surface area (Å²) in [5, 5.41) is 12.3. The number of nitrogens with one attached hydrogen (secondary N) is 1. The number of carbonyl (C=O) groups is 2. The van der Waals surface area contributed by atoms with E-state index in [1.54, 1.807) is 23.9 Å². The summed E-state index contributed by atoms with van der Waals surface area (Å²) in [6, 6.07) is 2.25. The van der Waals surface area contributed by atoms with Crippen molar-refractivity contribution in [3.8, 4) is 6.07 Å². The number of amides is 2. The van der Waals surface area contributed by atoms with E-state index < -0.39 is 0 Å². The Hall–Kier alpha value is -1.32. The van der Waals surface area contributed by atoms with Gasteiger partial charge in [-0.3, -0.25) is 9.59 Å². The number of likely N-dealkylation sites (tertiary alicyclic amines) is 1. The Balaban J connectivity index is 0.00000264. The number of hydrogen-bond acceptors (Lipinski definition) is 4. The van der Waals surface area contributed by atoms with E-state index in [0.29, 0.717) is 19.1 Å². The van der Waals surface area contributed by atoms with Crippen molar-refractivity contribution < 1.29 is 9.59 Å². The van der Waals surface area contributed by atoms with Crippen LogP contribution in [0.4, 0.5) is 0 Å². The van der Waals surface area contributed by atoms with Gasteiger partial charge in [-0.25, -0.2) is 0 Å². The molecule has 0 unspecified atom stereocenters. The highest BCUT2D eigenvalue weighted by atomic mass is 35.5. The van der Waals surface area contributed by atoms with Gasteiger partial charge in [-0.2, -0.15) is 5.26 Å². The van der Waals surface area contributed by atoms with Crippen LogP contribution >= 0.6 is 12.4 Å². The molecule has 7 heteroatoms. The molecule has 0 bridgehead atoms. The van der Waals surface area contributed by atoms with Gasteiger partial charge in [-0.15, -0.1) is 12.4 Å². The molecule has 0 radical (unpaired) electrons. The predicted octanol–water partition coefficient (Wildman–Crippen LogP) is 1.16. The summed E-state index contributed by atoms with van der Waals surface area (Å²) in [4.78, 5) is 27.5. The van der Waals surface area contributed by atoms with Gasteiger partial charge in [0.2, 0.25) is 11.8 Å². The van der Waals surface area contributed by atoms with Crippen LogP contribution in [-0.4, -0.2) is 60.9 Å². The van der Waals surface area contributed by atoms with Crippen LogP contribution in [0.2, 0.25) is 0 Å². The quantitative estimate of drug-likeness (QED) is 0.831. The summed E-state index contributed by atoms with van der Waals surface area (Å²) in [5.41, 5.74) is 0. The molecule has 2 amide bonds. The lowest BCUT2D eigenvalue weighted by Gasteiger charge is -2.30. The zero-order chi connectivity index (χ0) is 16.1. The summed E-state index contributed by atoms with van der Waals surface area (Å²) >= 11 is 0. The standard InChI is InChI=1S/C16H26N4O2.ClH/c1-19(2)16(22)12-5-7-13(8-6-12)18-11-15(21)20-9-3-4-14(20)10-17;/h12-14,18H,3-9,11H2,1-2H3;1H/t12-,13-,14-;/m0./s1. The van der Waals surface area contributed by atoms with E-state index in [9.17, 15) is 9.59 Å². The Morgan fingerprint density at radius 2 is 1.87 bits per heavy atom. The average Bonchev–Trinajstić information content (AvgIpc) is 3.01. The smallest absolute Gasteiger partial charge is 0.237 e. The fourth-order valence-corrected chi connectivity index (χ4v) is 3.44. The molecule has 6 nitrogen and oxygen atoms in total. The Morgan fingerprint density at radius 1 is 1.22 bits per heavy atom. The van der Waals surface area contributed by atoms with E-state index >= 15 is 0 Å². The number of nitrogens with zero attached hydrogens (tertiary/aromatic N) is 3. The van der Waals surface area contributed by atoms with E-state index in [2.05, 4.69) is 11.4 Å². The van der Waals surface area contributed by atoms with E-state index in [0.717, 1.165) is 38.5 Å². The Kier molecular flexibility index (Phi) is 7.80. The van der Waals surface area contributed by atoms with Crippen molar-refractivity contribution in [2.24, 2.45) is 5.92 Å². The second-order valence-corrected chi connectivity index (χ2v) is 6.54. The largest absolute Gasteiger partial charge is 0.349 e. The molecule has 1 saturated heterocycles. The molecule has 1 aliphatic carbocycles. The first-order valence-corrected chi connectivity index (χ1v) is 8.16. The maximum absolute atomic E-state index is 12.2. The molecule has 130 valence electrons. The van der Waals surface area contributed by atoms with Gasteiger partial charge in [0.05, 0.1) is 12.6 Å². The lowest BCUT2D eigenvalue weighted by molar-refractivity contribution is -0.134. The maximum atomic E-state index is 12.2. The normalized spacial score (nSPS) is 27.0. The number of carbonyl (C=O) groups excluding carboxylic acids is 2. The molecule has 2 aliphatic rings. The molecule has 0 aromatic rings. The van der Waals surface area contributed by atoms with Gasteiger partial charge in [0.15, 0.2) is 0 Å². The van der Waals surface area contributed by atoms with Crippen molar-refractivity contribution in [2.75, 3.05) is 27.2 Å². The van der Waals surface area contributed by atoms with Gasteiger partial charge in [-0.1, -0.05) is 0 Å². The highest BCUT2D eigenvalue weighted by Gasteiger charge is 2.30. The number of halogens is 1. The van der Waals surface area contributed by atoms with Crippen LogP contribution in [0, 0.1) is 17.2 Å². The minimum absolute atomic E-state index is 0. The highest BCUT2D eigenvalue weighted by molar-refractivity contribution is 5.85. The Labute approximate surface area is 144 Å². The third kappa shape index (κ3) is 5.08. The molecule has 1 heterocycles. The fraction of sp³-hybridized carbons (Fsp3) is 0.812. The summed E-state index contributed by atoms with van der Waals surface area (Å²) in [6.07, 6.45) is 5.33. The van der Waals surface area contributed by atoms with Crippen LogP contribution in [0.1, 0.15) is 38.5 Å². The molecule has 0 aromatic carbocycles. The van der Waals surface area contributed by atoms with Crippen LogP contribution < -0.4 is 5.32 Å². The van der Waals surface area contributed by atoms with E-state index in [1.165, 1.54) is 0 Å². The molecule has 2 fully saturated rings. The first kappa shape index (κ1) is 19.7. The zero-order valence-corrected chi connectivity index (χ0v) is 14.8. The van der Waals surface area contributed by atoms with Crippen molar-refractivity contribution in [1.82, 2.24) is 15.1 Å². The number of nitriles is 1. The average molecular weight is 343 g/mol. The monoisotopic (exact) mass is 342 g/mol. The molecular formula is C16H27ClN4O2. The SMILES string of the molecule is CN(C)C(=O)[C@H]1CC[C@H](NCC(=O)N2CCC[C@H]2C#N)CC1.Cl. The minimum Gasteiger partial charge on any atom is -0.349 e. The van der Waals surface area contributed by atoms with Crippen LogP contribution in [-0.2, 0) is 9.59 Å². The van der Waals surface area contributed by atoms with E-state index in [1.807, 2.05) is 0 Å². The molecule has 2 rings (SSSR count). The molecule has 1 N–H and O–H groups in total. The molecule has 0 spiro atoms. The second kappa shape index (κ2) is 9.09. The molecule has 1 saturated carbocycles. The van der Waals surface area contributed by atoms with Crippen LogP contribution in [0.25, 0.3) is 0 Å². The topological polar surface area (TPSA) is 76.4 Å². The van der Waals surface area contributed by atoms with Crippen LogP contribution in [0.15, 0.2) is 0 Å². The molecule has 0 aromatic heterocycles. The van der Waals surface area contributed by atoms with Gasteiger partial charge in [0, 0.05) is 32.6 Å². The summed E-state index contributed by atoms with van der Waals surface area (Å²) in [5.74, 6) is 0.365. The van der Waals surface area contributed by atoms with Gasteiger partial charge in [-0.05, 0) is 38.5 Å². The lowest BCUT2D eigenvalue weighted by Crippen LogP contribution is -2.45. The van der Waals surface area contributed by atoms with Gasteiger partial charge in [0.25, 0.3) is 0 Å². The highest BCUT2D eigenvalue weighted by Crippen LogP contribution is 2.25. The predicted molar refractivity (Wildman–Crippen MR) is 90.0 cm³/mol. The minimum atomic E-state index is -0.247. The molecule has 1 atom stereocenters. The van der Waals surface area contributed by atoms with Crippen molar-refractivity contribution in [3.63, 3.8) is 0 Å². The van der Waals surface area contributed by atoms with Crippen molar-refractivity contribution >= 4 is 24.2 Å². The van der Waals surface area contributed by atoms with Crippen LogP contribution in [0.3, 0.4) is 0 Å². The lowest BCUT2D eigenvalue weighted by atomic mass is 9.85. The molecule has 1 aliphatic heterocycles. The summed E-state index contributed by atoms with van der Waals surface area (Å²) in [7, 11) is 3.60. The van der Waals surface area contributed by atoms with Crippen LogP contribution in [0.5, 0.6) is 0 Å². The van der Waals surface area contributed by atoms with Crippen molar-refractivity contribution in [2.45, 2.75) is 50.6 Å². The second-order valence-electron chi connectivity index (χ2n) is 6.54. The van der Waals surface area contributed by atoms with E-state index in [-0.39, 0.29) is 36.2 Å². The third-order valence-corrected chi connectivity index (χ3v) is 4.78. The fourth-order valence-electron chi connectivity index (χ4n) is 3.44. The molecule has 23 heavy (non-hydrogen) atoms. The third-order valence-electron chi connectivity index (χ3n) is 4.78.